The molecule has 0 saturated carbocycles. The smallest absolute Gasteiger partial charge is 0.293 e. The number of nitro benzene ring substituents is 1. The summed E-state index contributed by atoms with van der Waals surface area (Å²) in [6, 6.07) is 10.6. The van der Waals surface area contributed by atoms with E-state index in [1.54, 1.807) is 45.0 Å². The monoisotopic (exact) mass is 464 g/mol. The van der Waals surface area contributed by atoms with Gasteiger partial charge in [-0.2, -0.15) is 4.31 Å². The Morgan fingerprint density at radius 2 is 1.75 bits per heavy atom. The zero-order valence-corrected chi connectivity index (χ0v) is 19.4. The van der Waals surface area contributed by atoms with Crippen LogP contribution in [0.1, 0.15) is 20.8 Å². The van der Waals surface area contributed by atoms with Gasteiger partial charge in [0.2, 0.25) is 15.9 Å². The van der Waals surface area contributed by atoms with Gasteiger partial charge in [-0.3, -0.25) is 14.9 Å². The van der Waals surface area contributed by atoms with Gasteiger partial charge in [-0.05, 0) is 31.2 Å². The van der Waals surface area contributed by atoms with Crippen molar-refractivity contribution in [1.29, 1.82) is 0 Å². The second-order valence-electron chi connectivity index (χ2n) is 6.76. The van der Waals surface area contributed by atoms with Gasteiger partial charge in [0.1, 0.15) is 11.4 Å². The lowest BCUT2D eigenvalue weighted by Gasteiger charge is -2.23. The first-order valence-corrected chi connectivity index (χ1v) is 11.6. The van der Waals surface area contributed by atoms with E-state index in [9.17, 15) is 23.3 Å². The SMILES string of the molecule is CCN(CC(=O)Nc1ccccc1OC)c1ccc(S(=O)(=O)N(CC)CC)cc1[N+](=O)[O-]. The minimum Gasteiger partial charge on any atom is -0.495 e. The quantitative estimate of drug-likeness (QED) is 0.400. The minimum atomic E-state index is -3.86. The molecule has 2 aromatic carbocycles. The third-order valence-corrected chi connectivity index (χ3v) is 6.97. The van der Waals surface area contributed by atoms with Crippen LogP contribution in [0.25, 0.3) is 0 Å². The van der Waals surface area contributed by atoms with Gasteiger partial charge >= 0.3 is 0 Å². The van der Waals surface area contributed by atoms with Gasteiger partial charge in [-0.1, -0.05) is 26.0 Å². The minimum absolute atomic E-state index is 0.158. The molecule has 0 spiro atoms. The number of anilines is 2. The van der Waals surface area contributed by atoms with Crippen LogP contribution in [0.3, 0.4) is 0 Å². The molecule has 0 unspecified atom stereocenters. The van der Waals surface area contributed by atoms with Crippen LogP contribution in [-0.4, -0.2) is 56.8 Å². The summed E-state index contributed by atoms with van der Waals surface area (Å²) in [5, 5.41) is 14.5. The number of hydrogen-bond donors (Lipinski definition) is 1. The van der Waals surface area contributed by atoms with Crippen LogP contribution in [-0.2, 0) is 14.8 Å². The van der Waals surface area contributed by atoms with Crippen LogP contribution >= 0.6 is 0 Å². The Kier molecular flexibility index (Phi) is 8.56. The van der Waals surface area contributed by atoms with Crippen LogP contribution in [0.2, 0.25) is 0 Å². The molecule has 1 N–H and O–H groups in total. The topological polar surface area (TPSA) is 122 Å². The van der Waals surface area contributed by atoms with Crippen LogP contribution in [0.5, 0.6) is 5.75 Å². The van der Waals surface area contributed by atoms with Crippen molar-refractivity contribution in [3.05, 3.63) is 52.6 Å². The van der Waals surface area contributed by atoms with E-state index in [0.717, 1.165) is 6.07 Å². The van der Waals surface area contributed by atoms with Crippen molar-refractivity contribution in [1.82, 2.24) is 4.31 Å². The van der Waals surface area contributed by atoms with Gasteiger partial charge in [-0.15, -0.1) is 0 Å². The van der Waals surface area contributed by atoms with E-state index in [1.165, 1.54) is 28.4 Å². The number of amides is 1. The fourth-order valence-electron chi connectivity index (χ4n) is 3.27. The van der Waals surface area contributed by atoms with Crippen molar-refractivity contribution in [3.8, 4) is 5.75 Å². The molecule has 32 heavy (non-hydrogen) atoms. The molecule has 0 aromatic heterocycles. The first-order valence-electron chi connectivity index (χ1n) is 10.2. The molecule has 11 heteroatoms. The largest absolute Gasteiger partial charge is 0.495 e. The number of methoxy groups -OCH3 is 1. The van der Waals surface area contributed by atoms with Gasteiger partial charge in [0.25, 0.3) is 5.69 Å². The molecule has 0 saturated heterocycles. The zero-order valence-electron chi connectivity index (χ0n) is 18.6. The Hall–Kier alpha value is -3.18. The highest BCUT2D eigenvalue weighted by Gasteiger charge is 2.27. The molecule has 0 bridgehead atoms. The molecule has 0 aliphatic carbocycles. The number of ether oxygens (including phenoxy) is 1. The second kappa shape index (κ2) is 10.9. The number of nitrogens with zero attached hydrogens (tertiary/aromatic N) is 3. The highest BCUT2D eigenvalue weighted by Crippen LogP contribution is 2.32. The predicted octanol–water partition coefficient (Wildman–Crippen LogP) is 3.10. The van der Waals surface area contributed by atoms with Gasteiger partial charge in [-0.25, -0.2) is 8.42 Å². The lowest BCUT2D eigenvalue weighted by molar-refractivity contribution is -0.384. The molecule has 0 radical (unpaired) electrons. The number of carbonyl (C=O) groups is 1. The molecule has 0 atom stereocenters. The number of benzene rings is 2. The summed E-state index contributed by atoms with van der Waals surface area (Å²) in [6.07, 6.45) is 0. The average molecular weight is 465 g/mol. The number of para-hydroxylation sites is 2. The number of rotatable bonds is 11. The lowest BCUT2D eigenvalue weighted by Crippen LogP contribution is -2.34. The van der Waals surface area contributed by atoms with E-state index in [2.05, 4.69) is 5.32 Å². The van der Waals surface area contributed by atoms with Crippen molar-refractivity contribution in [2.45, 2.75) is 25.7 Å². The van der Waals surface area contributed by atoms with Gasteiger partial charge in [0, 0.05) is 25.7 Å². The molecular weight excluding hydrogens is 436 g/mol. The number of carbonyl (C=O) groups excluding carboxylic acids is 1. The molecule has 2 aromatic rings. The van der Waals surface area contributed by atoms with Crippen LogP contribution in [0, 0.1) is 10.1 Å². The maximum absolute atomic E-state index is 12.8. The van der Waals surface area contributed by atoms with E-state index in [1.807, 2.05) is 0 Å². The average Bonchev–Trinajstić information content (AvgIpc) is 2.78. The first kappa shape index (κ1) is 25.1. The van der Waals surface area contributed by atoms with E-state index in [-0.39, 0.29) is 35.9 Å². The lowest BCUT2D eigenvalue weighted by atomic mass is 10.2. The summed E-state index contributed by atoms with van der Waals surface area (Å²) in [6.45, 7) is 5.77. The predicted molar refractivity (Wildman–Crippen MR) is 123 cm³/mol. The number of nitrogens with one attached hydrogen (secondary N) is 1. The van der Waals surface area contributed by atoms with Gasteiger partial charge < -0.3 is 15.0 Å². The van der Waals surface area contributed by atoms with Crippen LogP contribution in [0.4, 0.5) is 17.1 Å². The Morgan fingerprint density at radius 3 is 2.31 bits per heavy atom. The summed E-state index contributed by atoms with van der Waals surface area (Å²) >= 11 is 0. The Bertz CT molecular complexity index is 1070. The summed E-state index contributed by atoms with van der Waals surface area (Å²) in [5.41, 5.74) is 0.252. The van der Waals surface area contributed by atoms with Crippen molar-refractivity contribution < 1.29 is 22.9 Å². The van der Waals surface area contributed by atoms with E-state index < -0.39 is 20.9 Å². The zero-order chi connectivity index (χ0) is 23.9. The van der Waals surface area contributed by atoms with E-state index in [4.69, 9.17) is 4.74 Å². The fourth-order valence-corrected chi connectivity index (χ4v) is 4.75. The third kappa shape index (κ3) is 5.54. The Morgan fingerprint density at radius 1 is 1.09 bits per heavy atom. The molecule has 174 valence electrons. The summed E-state index contributed by atoms with van der Waals surface area (Å²) < 4.78 is 32.0. The Balaban J connectivity index is 2.35. The summed E-state index contributed by atoms with van der Waals surface area (Å²) in [5.74, 6) is 0.0892. The molecule has 2 rings (SSSR count). The van der Waals surface area contributed by atoms with Crippen molar-refractivity contribution >= 4 is 33.0 Å². The summed E-state index contributed by atoms with van der Waals surface area (Å²) in [4.78, 5) is 25.1. The molecule has 10 nitrogen and oxygen atoms in total. The van der Waals surface area contributed by atoms with Crippen LogP contribution in [0.15, 0.2) is 47.4 Å². The molecule has 1 amide bonds. The highest BCUT2D eigenvalue weighted by atomic mass is 32.2. The second-order valence-corrected chi connectivity index (χ2v) is 8.70. The van der Waals surface area contributed by atoms with Crippen LogP contribution < -0.4 is 15.0 Å². The third-order valence-electron chi connectivity index (χ3n) is 4.92. The Labute approximate surface area is 188 Å². The number of sulfonamides is 1. The molecule has 0 aliphatic heterocycles. The fraction of sp³-hybridized carbons (Fsp3) is 0.381. The van der Waals surface area contributed by atoms with E-state index in [0.29, 0.717) is 18.0 Å². The molecule has 0 heterocycles. The maximum Gasteiger partial charge on any atom is 0.293 e. The normalized spacial score (nSPS) is 11.3. The van der Waals surface area contributed by atoms with E-state index >= 15 is 0 Å². The molecule has 0 fully saturated rings. The van der Waals surface area contributed by atoms with Crippen molar-refractivity contribution in [2.75, 3.05) is 43.5 Å². The van der Waals surface area contributed by atoms with Gasteiger partial charge in [0.05, 0.1) is 29.2 Å². The molecular formula is C21H28N4O6S. The van der Waals surface area contributed by atoms with Gasteiger partial charge in [0.15, 0.2) is 0 Å². The number of nitro groups is 1. The maximum atomic E-state index is 12.8. The van der Waals surface area contributed by atoms with Crippen molar-refractivity contribution in [2.24, 2.45) is 0 Å². The van der Waals surface area contributed by atoms with Crippen molar-refractivity contribution in [3.63, 3.8) is 0 Å². The highest BCUT2D eigenvalue weighted by molar-refractivity contribution is 7.89. The number of likely N-dealkylation sites (N-methyl/N-ethyl adjacent to an activating group) is 1. The standard InChI is InChI=1S/C21H28N4O6S/c1-5-23(15-21(26)22-17-10-8-9-11-20(17)31-4)18-13-12-16(14-19(18)25(27)28)32(29,30)24(6-2)7-3/h8-14H,5-7,15H2,1-4H3,(H,22,26). The summed E-state index contributed by atoms with van der Waals surface area (Å²) in [7, 11) is -2.37. The number of hydrogen-bond acceptors (Lipinski definition) is 7. The molecule has 0 aliphatic rings. The first-order chi connectivity index (χ1) is 15.2.